The van der Waals surface area contributed by atoms with Crippen LogP contribution in [0.2, 0.25) is 0 Å². The summed E-state index contributed by atoms with van der Waals surface area (Å²) >= 11 is 0. The van der Waals surface area contributed by atoms with Crippen molar-refractivity contribution < 1.29 is 24.3 Å². The molecule has 0 spiro atoms. The van der Waals surface area contributed by atoms with Gasteiger partial charge in [0.1, 0.15) is 6.54 Å². The first-order valence-corrected chi connectivity index (χ1v) is 6.83. The zero-order valence-corrected chi connectivity index (χ0v) is 12.4. The van der Waals surface area contributed by atoms with E-state index in [2.05, 4.69) is 16.0 Å². The molecule has 0 fully saturated rings. The number of carboxylic acids is 1. The Bertz CT molecular complexity index is 384. The maximum absolute atomic E-state index is 11.5. The second-order valence-corrected chi connectivity index (χ2v) is 4.76. The molecule has 0 saturated carbocycles. The Kier molecular flexibility index (Phi) is 9.57. The van der Waals surface area contributed by atoms with E-state index in [1.54, 1.807) is 0 Å². The molecule has 0 aliphatic carbocycles. The van der Waals surface area contributed by atoms with Crippen LogP contribution in [0.25, 0.3) is 0 Å². The molecule has 0 aliphatic heterocycles. The molecule has 0 heterocycles. The number of amides is 3. The summed E-state index contributed by atoms with van der Waals surface area (Å²) in [6, 6.07) is -0.0601. The fourth-order valence-electron chi connectivity index (χ4n) is 1.59. The molecule has 0 aliphatic rings. The van der Waals surface area contributed by atoms with Crippen LogP contribution in [0.15, 0.2) is 0 Å². The third kappa shape index (κ3) is 12.6. The van der Waals surface area contributed by atoms with Crippen LogP contribution in [0.3, 0.4) is 0 Å². The normalized spacial score (nSPS) is 11.3. The molecular weight excluding hydrogens is 278 g/mol. The van der Waals surface area contributed by atoms with Gasteiger partial charge in [0, 0.05) is 32.4 Å². The van der Waals surface area contributed by atoms with Crippen LogP contribution in [0.4, 0.5) is 0 Å². The van der Waals surface area contributed by atoms with Crippen LogP contribution in [-0.2, 0) is 19.2 Å². The number of rotatable bonds is 10. The highest BCUT2D eigenvalue weighted by molar-refractivity contribution is 5.81. The lowest BCUT2D eigenvalue weighted by Gasteiger charge is -2.12. The number of aliphatic carboxylic acids is 1. The van der Waals surface area contributed by atoms with E-state index in [0.717, 1.165) is 0 Å². The molecule has 0 aromatic heterocycles. The van der Waals surface area contributed by atoms with Crippen molar-refractivity contribution in [3.63, 3.8) is 0 Å². The summed E-state index contributed by atoms with van der Waals surface area (Å²) in [6.07, 6.45) is 1.45. The van der Waals surface area contributed by atoms with Crippen molar-refractivity contribution in [1.29, 1.82) is 0 Å². The molecule has 120 valence electrons. The van der Waals surface area contributed by atoms with Gasteiger partial charge in [-0.3, -0.25) is 19.2 Å². The summed E-state index contributed by atoms with van der Waals surface area (Å²) in [6.45, 7) is 3.20. The Balaban J connectivity index is 3.59. The Hall–Kier alpha value is -2.12. The zero-order chi connectivity index (χ0) is 16.3. The lowest BCUT2D eigenvalue weighted by atomic mass is 10.1. The van der Waals surface area contributed by atoms with Gasteiger partial charge in [0.15, 0.2) is 0 Å². The van der Waals surface area contributed by atoms with Crippen LogP contribution in [-0.4, -0.2) is 47.9 Å². The van der Waals surface area contributed by atoms with E-state index < -0.39 is 12.5 Å². The SMILES string of the molecule is CC(=O)NC(C)CCC(=O)NCCCC(=O)NCC(=O)O. The van der Waals surface area contributed by atoms with Crippen LogP contribution >= 0.6 is 0 Å². The number of carbonyl (C=O) groups excluding carboxylic acids is 3. The molecule has 0 bridgehead atoms. The molecule has 4 N–H and O–H groups in total. The molecule has 0 rings (SSSR count). The minimum absolute atomic E-state index is 0.0601. The highest BCUT2D eigenvalue weighted by Crippen LogP contribution is 1.96. The fourth-order valence-corrected chi connectivity index (χ4v) is 1.59. The lowest BCUT2D eigenvalue weighted by molar-refractivity contribution is -0.137. The van der Waals surface area contributed by atoms with Crippen molar-refractivity contribution >= 4 is 23.7 Å². The topological polar surface area (TPSA) is 125 Å². The van der Waals surface area contributed by atoms with Gasteiger partial charge < -0.3 is 21.1 Å². The molecule has 0 aromatic rings. The predicted molar refractivity (Wildman–Crippen MR) is 75.4 cm³/mol. The van der Waals surface area contributed by atoms with E-state index in [9.17, 15) is 19.2 Å². The van der Waals surface area contributed by atoms with Crippen LogP contribution in [0, 0.1) is 0 Å². The van der Waals surface area contributed by atoms with Gasteiger partial charge in [-0.05, 0) is 19.8 Å². The summed E-state index contributed by atoms with van der Waals surface area (Å²) in [5.41, 5.74) is 0. The first-order chi connectivity index (χ1) is 9.81. The summed E-state index contributed by atoms with van der Waals surface area (Å²) in [4.78, 5) is 43.7. The summed E-state index contributed by atoms with van der Waals surface area (Å²) < 4.78 is 0. The average molecular weight is 301 g/mol. The first-order valence-electron chi connectivity index (χ1n) is 6.83. The Morgan fingerprint density at radius 1 is 1.05 bits per heavy atom. The van der Waals surface area contributed by atoms with Gasteiger partial charge in [-0.1, -0.05) is 0 Å². The third-order valence-electron chi connectivity index (χ3n) is 2.59. The van der Waals surface area contributed by atoms with Crippen molar-refractivity contribution in [2.75, 3.05) is 13.1 Å². The minimum atomic E-state index is -1.09. The number of nitrogens with one attached hydrogen (secondary N) is 3. The quantitative estimate of drug-likeness (QED) is 0.401. The van der Waals surface area contributed by atoms with E-state index in [1.165, 1.54) is 6.92 Å². The van der Waals surface area contributed by atoms with Gasteiger partial charge in [-0.2, -0.15) is 0 Å². The van der Waals surface area contributed by atoms with E-state index in [0.29, 0.717) is 25.8 Å². The standard InChI is InChI=1S/C13H23N3O5/c1-9(16-10(2)17)5-6-12(19)14-7-3-4-11(18)15-8-13(20)21/h9H,3-8H2,1-2H3,(H,14,19)(H,15,18)(H,16,17)(H,20,21). The molecule has 0 radical (unpaired) electrons. The van der Waals surface area contributed by atoms with Crippen molar-refractivity contribution in [2.24, 2.45) is 0 Å². The molecule has 3 amide bonds. The Morgan fingerprint density at radius 3 is 2.24 bits per heavy atom. The van der Waals surface area contributed by atoms with Gasteiger partial charge >= 0.3 is 5.97 Å². The number of hydrogen-bond donors (Lipinski definition) is 4. The molecule has 0 aromatic carbocycles. The van der Waals surface area contributed by atoms with E-state index in [-0.39, 0.29) is 30.2 Å². The second-order valence-electron chi connectivity index (χ2n) is 4.76. The maximum Gasteiger partial charge on any atom is 0.322 e. The summed E-state index contributed by atoms with van der Waals surface area (Å²) in [7, 11) is 0. The van der Waals surface area contributed by atoms with Crippen molar-refractivity contribution in [3.05, 3.63) is 0 Å². The summed E-state index contributed by atoms with van der Waals surface area (Å²) in [5.74, 6) is -1.72. The lowest BCUT2D eigenvalue weighted by Crippen LogP contribution is -2.33. The van der Waals surface area contributed by atoms with Crippen molar-refractivity contribution in [2.45, 2.75) is 45.6 Å². The highest BCUT2D eigenvalue weighted by Gasteiger charge is 2.08. The molecule has 0 saturated heterocycles. The smallest absolute Gasteiger partial charge is 0.322 e. The minimum Gasteiger partial charge on any atom is -0.480 e. The first kappa shape index (κ1) is 18.9. The highest BCUT2D eigenvalue weighted by atomic mass is 16.4. The van der Waals surface area contributed by atoms with Crippen molar-refractivity contribution in [1.82, 2.24) is 16.0 Å². The maximum atomic E-state index is 11.5. The zero-order valence-electron chi connectivity index (χ0n) is 12.4. The Morgan fingerprint density at radius 2 is 1.67 bits per heavy atom. The fraction of sp³-hybridized carbons (Fsp3) is 0.692. The van der Waals surface area contributed by atoms with Crippen LogP contribution < -0.4 is 16.0 Å². The van der Waals surface area contributed by atoms with Crippen molar-refractivity contribution in [3.8, 4) is 0 Å². The number of carboxylic acid groups (broad SMARTS) is 1. The second kappa shape index (κ2) is 10.6. The van der Waals surface area contributed by atoms with E-state index in [4.69, 9.17) is 5.11 Å². The Labute approximate surface area is 123 Å². The van der Waals surface area contributed by atoms with Crippen LogP contribution in [0.5, 0.6) is 0 Å². The van der Waals surface area contributed by atoms with Gasteiger partial charge in [0.05, 0.1) is 0 Å². The van der Waals surface area contributed by atoms with Crippen LogP contribution in [0.1, 0.15) is 39.5 Å². The van der Waals surface area contributed by atoms with Gasteiger partial charge in [0.25, 0.3) is 0 Å². The number of carbonyl (C=O) groups is 4. The van der Waals surface area contributed by atoms with Gasteiger partial charge in [-0.15, -0.1) is 0 Å². The average Bonchev–Trinajstić information content (AvgIpc) is 2.38. The van der Waals surface area contributed by atoms with E-state index >= 15 is 0 Å². The van der Waals surface area contributed by atoms with E-state index in [1.807, 2.05) is 6.92 Å². The monoisotopic (exact) mass is 301 g/mol. The molecule has 8 heteroatoms. The molecule has 1 atom stereocenters. The molecular formula is C13H23N3O5. The predicted octanol–water partition coefficient (Wildman–Crippen LogP) is -0.612. The molecule has 21 heavy (non-hydrogen) atoms. The molecule has 1 unspecified atom stereocenters. The van der Waals surface area contributed by atoms with Gasteiger partial charge in [-0.25, -0.2) is 0 Å². The largest absolute Gasteiger partial charge is 0.480 e. The summed E-state index contributed by atoms with van der Waals surface area (Å²) in [5, 5.41) is 16.0. The van der Waals surface area contributed by atoms with Gasteiger partial charge in [0.2, 0.25) is 17.7 Å². The number of hydrogen-bond acceptors (Lipinski definition) is 4. The third-order valence-corrected chi connectivity index (χ3v) is 2.59. The molecule has 8 nitrogen and oxygen atoms in total.